The second-order valence-corrected chi connectivity index (χ2v) is 6.46. The zero-order chi connectivity index (χ0) is 13.8. The molecule has 2 aliphatic rings. The van der Waals surface area contributed by atoms with Crippen LogP contribution >= 0.6 is 0 Å². The molecule has 0 aromatic carbocycles. The lowest BCUT2D eigenvalue weighted by molar-refractivity contribution is 0.194. The molecule has 0 spiro atoms. The summed E-state index contributed by atoms with van der Waals surface area (Å²) in [5.41, 5.74) is 0. The van der Waals surface area contributed by atoms with Crippen molar-refractivity contribution in [3.05, 3.63) is 12.4 Å². The van der Waals surface area contributed by atoms with Crippen LogP contribution in [0.1, 0.15) is 57.4 Å². The van der Waals surface area contributed by atoms with Crippen LogP contribution < -0.4 is 5.32 Å². The first-order valence-electron chi connectivity index (χ1n) is 8.31. The summed E-state index contributed by atoms with van der Waals surface area (Å²) in [5.74, 6) is 1.08. The molecule has 4 heteroatoms. The third-order valence-corrected chi connectivity index (χ3v) is 5.05. The van der Waals surface area contributed by atoms with Crippen molar-refractivity contribution in [2.24, 2.45) is 0 Å². The number of anilines is 1. The average Bonchev–Trinajstić information content (AvgIpc) is 2.96. The highest BCUT2D eigenvalue weighted by Gasteiger charge is 2.21. The first kappa shape index (κ1) is 13.9. The molecule has 1 aromatic rings. The van der Waals surface area contributed by atoms with Gasteiger partial charge in [-0.2, -0.15) is 0 Å². The standard InChI is InChI=1S/C16H28N4/c1-19-11-6-5-9-15(19)13-18-16-17-10-12-20(16)14-7-3-2-4-8-14/h10,12,14-15H,2-9,11,13H2,1H3,(H,17,18). The van der Waals surface area contributed by atoms with E-state index in [1.165, 1.54) is 57.9 Å². The minimum Gasteiger partial charge on any atom is -0.354 e. The molecule has 112 valence electrons. The van der Waals surface area contributed by atoms with Gasteiger partial charge in [0.1, 0.15) is 0 Å². The van der Waals surface area contributed by atoms with Gasteiger partial charge in [-0.05, 0) is 39.3 Å². The quantitative estimate of drug-likeness (QED) is 0.916. The van der Waals surface area contributed by atoms with Gasteiger partial charge in [-0.25, -0.2) is 4.98 Å². The minimum absolute atomic E-state index is 0.665. The molecule has 4 nitrogen and oxygen atoms in total. The number of hydrogen-bond acceptors (Lipinski definition) is 3. The Balaban J connectivity index is 1.58. The van der Waals surface area contributed by atoms with Crippen molar-refractivity contribution in [2.45, 2.75) is 63.5 Å². The van der Waals surface area contributed by atoms with Gasteiger partial charge in [0.2, 0.25) is 5.95 Å². The van der Waals surface area contributed by atoms with E-state index >= 15 is 0 Å². The number of imidazole rings is 1. The van der Waals surface area contributed by atoms with Gasteiger partial charge in [-0.15, -0.1) is 0 Å². The van der Waals surface area contributed by atoms with E-state index in [1.54, 1.807) is 0 Å². The summed E-state index contributed by atoms with van der Waals surface area (Å²) in [5, 5.41) is 3.60. The summed E-state index contributed by atoms with van der Waals surface area (Å²) in [4.78, 5) is 7.02. The van der Waals surface area contributed by atoms with Crippen LogP contribution in [0.3, 0.4) is 0 Å². The smallest absolute Gasteiger partial charge is 0.203 e. The Morgan fingerprint density at radius 2 is 1.95 bits per heavy atom. The Hall–Kier alpha value is -1.03. The van der Waals surface area contributed by atoms with Crippen molar-refractivity contribution in [2.75, 3.05) is 25.5 Å². The summed E-state index contributed by atoms with van der Waals surface area (Å²) in [6.07, 6.45) is 14.9. The zero-order valence-corrected chi connectivity index (χ0v) is 12.7. The number of hydrogen-bond donors (Lipinski definition) is 1. The lowest BCUT2D eigenvalue weighted by atomic mass is 9.95. The van der Waals surface area contributed by atoms with Crippen molar-refractivity contribution in [3.8, 4) is 0 Å². The summed E-state index contributed by atoms with van der Waals surface area (Å²) in [7, 11) is 2.25. The maximum atomic E-state index is 4.53. The van der Waals surface area contributed by atoms with E-state index in [0.29, 0.717) is 12.1 Å². The zero-order valence-electron chi connectivity index (χ0n) is 12.7. The van der Waals surface area contributed by atoms with Gasteiger partial charge in [0, 0.05) is 31.0 Å². The van der Waals surface area contributed by atoms with Crippen molar-refractivity contribution in [1.82, 2.24) is 14.5 Å². The van der Waals surface area contributed by atoms with Crippen LogP contribution in [-0.2, 0) is 0 Å². The topological polar surface area (TPSA) is 33.1 Å². The van der Waals surface area contributed by atoms with Gasteiger partial charge < -0.3 is 14.8 Å². The molecule has 1 aliphatic carbocycles. The highest BCUT2D eigenvalue weighted by atomic mass is 15.2. The highest BCUT2D eigenvalue weighted by Crippen LogP contribution is 2.30. The molecule has 1 N–H and O–H groups in total. The maximum Gasteiger partial charge on any atom is 0.203 e. The van der Waals surface area contributed by atoms with Crippen LogP contribution in [0.25, 0.3) is 0 Å². The van der Waals surface area contributed by atoms with Crippen LogP contribution in [0.5, 0.6) is 0 Å². The highest BCUT2D eigenvalue weighted by molar-refractivity contribution is 5.27. The number of nitrogens with zero attached hydrogens (tertiary/aromatic N) is 3. The van der Waals surface area contributed by atoms with E-state index in [4.69, 9.17) is 0 Å². The van der Waals surface area contributed by atoms with Crippen molar-refractivity contribution < 1.29 is 0 Å². The van der Waals surface area contributed by atoms with Crippen LogP contribution in [0.2, 0.25) is 0 Å². The van der Waals surface area contributed by atoms with E-state index < -0.39 is 0 Å². The number of likely N-dealkylation sites (N-methyl/N-ethyl adjacent to an activating group) is 1. The van der Waals surface area contributed by atoms with E-state index in [0.717, 1.165) is 12.5 Å². The molecule has 1 aliphatic heterocycles. The first-order chi connectivity index (χ1) is 9.84. The van der Waals surface area contributed by atoms with Crippen molar-refractivity contribution in [1.29, 1.82) is 0 Å². The second-order valence-electron chi connectivity index (χ2n) is 6.46. The Morgan fingerprint density at radius 1 is 1.15 bits per heavy atom. The van der Waals surface area contributed by atoms with Gasteiger partial charge in [0.15, 0.2) is 0 Å². The fourth-order valence-corrected chi connectivity index (χ4v) is 3.71. The molecule has 1 saturated heterocycles. The number of nitrogens with one attached hydrogen (secondary N) is 1. The molecule has 3 rings (SSSR count). The van der Waals surface area contributed by atoms with Crippen LogP contribution in [0.15, 0.2) is 12.4 Å². The molecule has 2 fully saturated rings. The SMILES string of the molecule is CN1CCCCC1CNc1nccn1C1CCCCC1. The van der Waals surface area contributed by atoms with Crippen LogP contribution in [-0.4, -0.2) is 40.6 Å². The Labute approximate surface area is 122 Å². The lowest BCUT2D eigenvalue weighted by Crippen LogP contribution is -2.41. The predicted octanol–water partition coefficient (Wildman–Crippen LogP) is 3.28. The largest absolute Gasteiger partial charge is 0.354 e. The first-order valence-corrected chi connectivity index (χ1v) is 8.31. The van der Waals surface area contributed by atoms with E-state index in [-0.39, 0.29) is 0 Å². The van der Waals surface area contributed by atoms with Gasteiger partial charge in [-0.1, -0.05) is 25.7 Å². The Kier molecular flexibility index (Phi) is 4.61. The molecular weight excluding hydrogens is 248 g/mol. The van der Waals surface area contributed by atoms with Gasteiger partial charge in [0.05, 0.1) is 0 Å². The van der Waals surface area contributed by atoms with E-state index in [2.05, 4.69) is 33.0 Å². The summed E-state index contributed by atoms with van der Waals surface area (Å²) < 4.78 is 2.38. The van der Waals surface area contributed by atoms with Crippen LogP contribution in [0, 0.1) is 0 Å². The van der Waals surface area contributed by atoms with Crippen LogP contribution in [0.4, 0.5) is 5.95 Å². The molecule has 2 heterocycles. The molecule has 1 aromatic heterocycles. The predicted molar refractivity (Wildman–Crippen MR) is 83.1 cm³/mol. The molecule has 1 saturated carbocycles. The second kappa shape index (κ2) is 6.61. The average molecular weight is 276 g/mol. The third-order valence-electron chi connectivity index (χ3n) is 5.05. The molecule has 1 atom stereocenters. The minimum atomic E-state index is 0.665. The van der Waals surface area contributed by atoms with Crippen molar-refractivity contribution in [3.63, 3.8) is 0 Å². The molecule has 0 amide bonds. The number of piperidine rings is 1. The lowest BCUT2D eigenvalue weighted by Gasteiger charge is -2.33. The van der Waals surface area contributed by atoms with Gasteiger partial charge in [0.25, 0.3) is 0 Å². The van der Waals surface area contributed by atoms with E-state index in [9.17, 15) is 0 Å². The summed E-state index contributed by atoms with van der Waals surface area (Å²) in [6, 6.07) is 1.33. The molecule has 0 bridgehead atoms. The number of aromatic nitrogens is 2. The summed E-state index contributed by atoms with van der Waals surface area (Å²) >= 11 is 0. The fourth-order valence-electron chi connectivity index (χ4n) is 3.71. The number of likely N-dealkylation sites (tertiary alicyclic amines) is 1. The van der Waals surface area contributed by atoms with Gasteiger partial charge in [-0.3, -0.25) is 0 Å². The maximum absolute atomic E-state index is 4.53. The molecule has 1 unspecified atom stereocenters. The molecule has 0 radical (unpaired) electrons. The molecular formula is C16H28N4. The van der Waals surface area contributed by atoms with E-state index in [1.807, 2.05) is 6.20 Å². The Bertz CT molecular complexity index is 408. The molecule has 20 heavy (non-hydrogen) atoms. The van der Waals surface area contributed by atoms with Crippen molar-refractivity contribution >= 4 is 5.95 Å². The third kappa shape index (κ3) is 3.17. The number of rotatable bonds is 4. The summed E-state index contributed by atoms with van der Waals surface area (Å²) in [6.45, 7) is 2.27. The normalized spacial score (nSPS) is 25.8. The van der Waals surface area contributed by atoms with Gasteiger partial charge >= 0.3 is 0 Å². The fraction of sp³-hybridized carbons (Fsp3) is 0.812. The monoisotopic (exact) mass is 276 g/mol. The Morgan fingerprint density at radius 3 is 2.75 bits per heavy atom.